The van der Waals surface area contributed by atoms with E-state index in [0.29, 0.717) is 11.7 Å². The van der Waals surface area contributed by atoms with Crippen molar-refractivity contribution in [2.75, 3.05) is 5.73 Å². The van der Waals surface area contributed by atoms with Gasteiger partial charge in [-0.1, -0.05) is 16.9 Å². The van der Waals surface area contributed by atoms with Crippen LogP contribution in [0.3, 0.4) is 0 Å². The van der Waals surface area contributed by atoms with Crippen LogP contribution in [0.5, 0.6) is 0 Å². The minimum atomic E-state index is 0.243. The molecule has 6 nitrogen and oxygen atoms in total. The van der Waals surface area contributed by atoms with E-state index in [1.54, 1.807) is 6.20 Å². The molecule has 2 N–H and O–H groups in total. The van der Waals surface area contributed by atoms with Crippen molar-refractivity contribution in [3.63, 3.8) is 0 Å². The summed E-state index contributed by atoms with van der Waals surface area (Å²) < 4.78 is 6.89. The number of rotatable bonds is 4. The van der Waals surface area contributed by atoms with E-state index in [-0.39, 0.29) is 6.04 Å². The van der Waals surface area contributed by atoms with Crippen LogP contribution in [0.2, 0.25) is 0 Å². The molecule has 16 heavy (non-hydrogen) atoms. The van der Waals surface area contributed by atoms with Crippen LogP contribution in [0.1, 0.15) is 25.6 Å². The summed E-state index contributed by atoms with van der Waals surface area (Å²) in [6.07, 6.45) is 1.62. The van der Waals surface area contributed by atoms with Gasteiger partial charge in [0.1, 0.15) is 5.76 Å². The highest BCUT2D eigenvalue weighted by Gasteiger charge is 2.13. The van der Waals surface area contributed by atoms with E-state index < -0.39 is 0 Å². The molecular weight excluding hydrogens is 226 g/mol. The van der Waals surface area contributed by atoms with Gasteiger partial charge in [-0.05, 0) is 13.8 Å². The largest absolute Gasteiger partial charge is 0.368 e. The Hall–Kier alpha value is -1.50. The quantitative estimate of drug-likeness (QED) is 0.818. The molecule has 0 saturated carbocycles. The molecule has 2 aromatic rings. The number of aromatic nitrogens is 4. The van der Waals surface area contributed by atoms with Gasteiger partial charge >= 0.3 is 0 Å². The molecular formula is C9H13N5OS. The molecule has 0 bridgehead atoms. The molecule has 0 aliphatic heterocycles. The predicted octanol–water partition coefficient (Wildman–Crippen LogP) is 1.72. The summed E-state index contributed by atoms with van der Waals surface area (Å²) in [5.41, 5.74) is 5.73. The van der Waals surface area contributed by atoms with E-state index in [4.69, 9.17) is 10.3 Å². The van der Waals surface area contributed by atoms with Gasteiger partial charge in [-0.3, -0.25) is 4.57 Å². The minimum absolute atomic E-state index is 0.243. The SMILES string of the molecule is CC(C)n1c(N)nnc1SCc1ccno1. The highest BCUT2D eigenvalue weighted by molar-refractivity contribution is 7.98. The van der Waals surface area contributed by atoms with Crippen LogP contribution in [0.15, 0.2) is 21.9 Å². The number of hydrogen-bond donors (Lipinski definition) is 1. The van der Waals surface area contributed by atoms with Crippen LogP contribution in [0.25, 0.3) is 0 Å². The molecule has 0 saturated heterocycles. The van der Waals surface area contributed by atoms with Crippen molar-refractivity contribution in [2.45, 2.75) is 30.8 Å². The monoisotopic (exact) mass is 239 g/mol. The van der Waals surface area contributed by atoms with Crippen molar-refractivity contribution in [3.05, 3.63) is 18.0 Å². The van der Waals surface area contributed by atoms with Crippen molar-refractivity contribution in [1.82, 2.24) is 19.9 Å². The summed E-state index contributed by atoms with van der Waals surface area (Å²) >= 11 is 1.53. The number of nitrogen functional groups attached to an aromatic ring is 1. The second kappa shape index (κ2) is 4.56. The summed E-state index contributed by atoms with van der Waals surface area (Å²) in [4.78, 5) is 0. The van der Waals surface area contributed by atoms with Gasteiger partial charge in [0.2, 0.25) is 5.95 Å². The second-order valence-electron chi connectivity index (χ2n) is 3.57. The third-order valence-corrected chi connectivity index (χ3v) is 3.01. The number of hydrogen-bond acceptors (Lipinski definition) is 6. The third kappa shape index (κ3) is 2.19. The fraction of sp³-hybridized carbons (Fsp3) is 0.444. The fourth-order valence-electron chi connectivity index (χ4n) is 1.32. The highest BCUT2D eigenvalue weighted by atomic mass is 32.2. The van der Waals surface area contributed by atoms with Crippen LogP contribution in [-0.4, -0.2) is 19.9 Å². The van der Waals surface area contributed by atoms with Crippen molar-refractivity contribution < 1.29 is 4.52 Å². The smallest absolute Gasteiger partial charge is 0.222 e. The molecule has 2 rings (SSSR count). The topological polar surface area (TPSA) is 82.8 Å². The van der Waals surface area contributed by atoms with Crippen LogP contribution in [-0.2, 0) is 5.75 Å². The lowest BCUT2D eigenvalue weighted by molar-refractivity contribution is 0.395. The predicted molar refractivity (Wildman–Crippen MR) is 60.9 cm³/mol. The fourth-order valence-corrected chi connectivity index (χ4v) is 2.29. The van der Waals surface area contributed by atoms with Crippen LogP contribution >= 0.6 is 11.8 Å². The first kappa shape index (κ1) is 11.0. The molecule has 0 radical (unpaired) electrons. The Morgan fingerprint density at radius 1 is 1.50 bits per heavy atom. The molecule has 0 unspecified atom stereocenters. The van der Waals surface area contributed by atoms with Crippen LogP contribution in [0, 0.1) is 0 Å². The van der Waals surface area contributed by atoms with E-state index in [2.05, 4.69) is 15.4 Å². The Bertz CT molecular complexity index is 450. The molecule has 2 aromatic heterocycles. The maximum absolute atomic E-state index is 5.73. The molecule has 0 aliphatic carbocycles. The normalized spacial score (nSPS) is 11.2. The number of thioether (sulfide) groups is 1. The van der Waals surface area contributed by atoms with Gasteiger partial charge in [0.15, 0.2) is 5.16 Å². The molecule has 0 aliphatic rings. The van der Waals surface area contributed by atoms with E-state index in [9.17, 15) is 0 Å². The van der Waals surface area contributed by atoms with Gasteiger partial charge < -0.3 is 10.3 Å². The van der Waals surface area contributed by atoms with Gasteiger partial charge in [-0.25, -0.2) is 0 Å². The van der Waals surface area contributed by atoms with Crippen molar-refractivity contribution in [1.29, 1.82) is 0 Å². The van der Waals surface area contributed by atoms with Gasteiger partial charge in [0.05, 0.1) is 11.9 Å². The van der Waals surface area contributed by atoms with Crippen LogP contribution in [0.4, 0.5) is 5.95 Å². The summed E-state index contributed by atoms with van der Waals surface area (Å²) in [5.74, 6) is 1.92. The number of anilines is 1. The van der Waals surface area contributed by atoms with Gasteiger partial charge in [-0.2, -0.15) is 0 Å². The zero-order chi connectivity index (χ0) is 11.5. The maximum Gasteiger partial charge on any atom is 0.222 e. The molecule has 0 spiro atoms. The molecule has 0 amide bonds. The molecule has 86 valence electrons. The lowest BCUT2D eigenvalue weighted by atomic mass is 10.4. The van der Waals surface area contributed by atoms with Crippen molar-refractivity contribution in [2.24, 2.45) is 0 Å². The second-order valence-corrected chi connectivity index (χ2v) is 4.51. The summed E-state index contributed by atoms with van der Waals surface area (Å²) in [7, 11) is 0. The first-order chi connectivity index (χ1) is 7.68. The Balaban J connectivity index is 2.10. The Kier molecular flexibility index (Phi) is 3.14. The average Bonchev–Trinajstić information content (AvgIpc) is 2.83. The van der Waals surface area contributed by atoms with Crippen molar-refractivity contribution in [3.8, 4) is 0 Å². The number of nitrogens with zero attached hydrogens (tertiary/aromatic N) is 4. The van der Waals surface area contributed by atoms with Crippen molar-refractivity contribution >= 4 is 17.7 Å². The van der Waals surface area contributed by atoms with E-state index in [0.717, 1.165) is 10.9 Å². The Morgan fingerprint density at radius 2 is 2.31 bits per heavy atom. The summed E-state index contributed by atoms with van der Waals surface area (Å²) in [6, 6.07) is 2.07. The lowest BCUT2D eigenvalue weighted by Gasteiger charge is -2.10. The zero-order valence-corrected chi connectivity index (χ0v) is 9.94. The van der Waals surface area contributed by atoms with Gasteiger partial charge in [0, 0.05) is 12.1 Å². The summed E-state index contributed by atoms with van der Waals surface area (Å²) in [6.45, 7) is 4.08. The molecule has 0 atom stereocenters. The molecule has 0 aromatic carbocycles. The number of nitrogens with two attached hydrogens (primary N) is 1. The molecule has 0 fully saturated rings. The van der Waals surface area contributed by atoms with E-state index >= 15 is 0 Å². The van der Waals surface area contributed by atoms with Gasteiger partial charge in [-0.15, -0.1) is 10.2 Å². The first-order valence-electron chi connectivity index (χ1n) is 4.91. The van der Waals surface area contributed by atoms with Crippen LogP contribution < -0.4 is 5.73 Å². The minimum Gasteiger partial charge on any atom is -0.368 e. The average molecular weight is 239 g/mol. The van der Waals surface area contributed by atoms with E-state index in [1.165, 1.54) is 11.8 Å². The zero-order valence-electron chi connectivity index (χ0n) is 9.12. The van der Waals surface area contributed by atoms with Gasteiger partial charge in [0.25, 0.3) is 0 Å². The Morgan fingerprint density at radius 3 is 2.94 bits per heavy atom. The first-order valence-corrected chi connectivity index (χ1v) is 5.89. The third-order valence-electron chi connectivity index (χ3n) is 2.04. The molecule has 7 heteroatoms. The molecule has 2 heterocycles. The summed E-state index contributed by atoms with van der Waals surface area (Å²) in [5, 5.41) is 12.3. The van der Waals surface area contributed by atoms with E-state index in [1.807, 2.05) is 24.5 Å². The lowest BCUT2D eigenvalue weighted by Crippen LogP contribution is -2.06. The highest BCUT2D eigenvalue weighted by Crippen LogP contribution is 2.25. The Labute approximate surface area is 97.2 Å². The standard InChI is InChI=1S/C9H13N5OS/c1-6(2)14-8(10)12-13-9(14)16-5-7-3-4-11-15-7/h3-4,6H,5H2,1-2H3,(H2,10,12). The maximum atomic E-state index is 5.73.